The zero-order valence-electron chi connectivity index (χ0n) is 28.3. The molecule has 2 heterocycles. The molecule has 11 heteroatoms. The molecule has 48 heavy (non-hydrogen) atoms. The molecule has 11 nitrogen and oxygen atoms in total. The number of fused-ring (bicyclic) bond motifs is 1. The van der Waals surface area contributed by atoms with Gasteiger partial charge in [-0.05, 0) is 101 Å². The Morgan fingerprint density at radius 2 is 1.54 bits per heavy atom. The van der Waals surface area contributed by atoms with Crippen LogP contribution in [0, 0.1) is 0 Å². The summed E-state index contributed by atoms with van der Waals surface area (Å²) in [6.07, 6.45) is 2.56. The van der Waals surface area contributed by atoms with Crippen molar-refractivity contribution in [1.29, 1.82) is 0 Å². The van der Waals surface area contributed by atoms with Crippen molar-refractivity contribution >= 4 is 23.4 Å². The fourth-order valence-electron chi connectivity index (χ4n) is 6.56. The number of hydrogen-bond donors (Lipinski definition) is 2. The van der Waals surface area contributed by atoms with Gasteiger partial charge in [0.05, 0.1) is 11.7 Å². The van der Waals surface area contributed by atoms with Crippen molar-refractivity contribution < 1.29 is 14.3 Å². The fourth-order valence-corrected chi connectivity index (χ4v) is 6.56. The number of aromatic nitrogens is 3. The number of piperazine rings is 1. The Morgan fingerprint density at radius 1 is 0.875 bits per heavy atom. The quantitative estimate of drug-likeness (QED) is 0.272. The van der Waals surface area contributed by atoms with Crippen molar-refractivity contribution in [3.8, 4) is 5.69 Å². The number of anilines is 2. The average Bonchev–Trinajstić information content (AvgIpc) is 3.63. The number of ether oxygens (including phenoxy) is 1. The Bertz CT molecular complexity index is 1800. The second kappa shape index (κ2) is 13.7. The molecule has 6 rings (SSSR count). The molecule has 0 radical (unpaired) electrons. The van der Waals surface area contributed by atoms with Gasteiger partial charge in [-0.15, -0.1) is 0 Å². The van der Waals surface area contributed by atoms with Crippen molar-refractivity contribution in [2.45, 2.75) is 71.2 Å². The van der Waals surface area contributed by atoms with E-state index in [1.165, 1.54) is 4.68 Å². The van der Waals surface area contributed by atoms with Crippen LogP contribution in [0.25, 0.3) is 5.69 Å². The standard InChI is InChI=1S/C37H45N7O4/c1-25(2)44-36(47)43(24-38-44)32-15-13-31(14-16-32)41-17-19-42(20-18-41)33(26-9-7-6-8-10-26)34(45)39-29-12-11-27-21-30(23-28(27)22-29)40-35(46)48-37(3,4)5/h6-16,22,24-25,30,33H,17-21,23H2,1-5H3,(H,39,45)(H,40,46). The Hall–Kier alpha value is -4.90. The van der Waals surface area contributed by atoms with E-state index in [1.807, 2.05) is 107 Å². The maximum Gasteiger partial charge on any atom is 0.407 e. The van der Waals surface area contributed by atoms with Gasteiger partial charge in [0.15, 0.2) is 0 Å². The van der Waals surface area contributed by atoms with Gasteiger partial charge in [-0.1, -0.05) is 36.4 Å². The number of rotatable bonds is 8. The molecule has 4 aromatic rings. The summed E-state index contributed by atoms with van der Waals surface area (Å²) < 4.78 is 8.47. The molecule has 0 bridgehead atoms. The Balaban J connectivity index is 1.10. The lowest BCUT2D eigenvalue weighted by atomic mass is 10.0. The summed E-state index contributed by atoms with van der Waals surface area (Å²) >= 11 is 0. The van der Waals surface area contributed by atoms with E-state index in [2.05, 4.69) is 25.5 Å². The number of amides is 2. The summed E-state index contributed by atoms with van der Waals surface area (Å²) in [4.78, 5) is 43.6. The zero-order chi connectivity index (χ0) is 34.0. The first-order valence-corrected chi connectivity index (χ1v) is 16.7. The molecule has 1 fully saturated rings. The van der Waals surface area contributed by atoms with Crippen LogP contribution in [0.5, 0.6) is 0 Å². The highest BCUT2D eigenvalue weighted by Gasteiger charge is 2.31. The van der Waals surface area contributed by atoms with E-state index in [-0.39, 0.29) is 23.7 Å². The normalized spacial score (nSPS) is 17.2. The molecule has 1 saturated heterocycles. The Labute approximate surface area is 281 Å². The first-order valence-electron chi connectivity index (χ1n) is 16.7. The largest absolute Gasteiger partial charge is 0.444 e. The van der Waals surface area contributed by atoms with Crippen LogP contribution in [0.3, 0.4) is 0 Å². The summed E-state index contributed by atoms with van der Waals surface area (Å²) in [5.74, 6) is -0.0761. The van der Waals surface area contributed by atoms with Crippen molar-refractivity contribution in [1.82, 2.24) is 24.6 Å². The smallest absolute Gasteiger partial charge is 0.407 e. The van der Waals surface area contributed by atoms with Gasteiger partial charge in [-0.25, -0.2) is 18.8 Å². The molecule has 252 valence electrons. The third kappa shape index (κ3) is 7.46. The van der Waals surface area contributed by atoms with Crippen LogP contribution in [0.2, 0.25) is 0 Å². The van der Waals surface area contributed by atoms with Crippen molar-refractivity contribution in [2.75, 3.05) is 36.4 Å². The maximum absolute atomic E-state index is 14.0. The maximum atomic E-state index is 14.0. The molecular weight excluding hydrogens is 606 g/mol. The number of carbonyl (C=O) groups excluding carboxylic acids is 2. The van der Waals surface area contributed by atoms with Crippen LogP contribution in [-0.2, 0) is 22.4 Å². The lowest BCUT2D eigenvalue weighted by Gasteiger charge is -2.39. The summed E-state index contributed by atoms with van der Waals surface area (Å²) in [5, 5.41) is 10.4. The molecule has 1 aliphatic heterocycles. The van der Waals surface area contributed by atoms with E-state index >= 15 is 0 Å². The number of hydrogen-bond acceptors (Lipinski definition) is 7. The lowest BCUT2D eigenvalue weighted by molar-refractivity contribution is -0.121. The van der Waals surface area contributed by atoms with Crippen LogP contribution in [0.4, 0.5) is 16.2 Å². The predicted octanol–water partition coefficient (Wildman–Crippen LogP) is 5.11. The molecular formula is C37H45N7O4. The zero-order valence-corrected chi connectivity index (χ0v) is 28.3. The fraction of sp³-hybridized carbons (Fsp3) is 0.405. The number of benzene rings is 3. The summed E-state index contributed by atoms with van der Waals surface area (Å²) in [6, 6.07) is 23.4. The van der Waals surface area contributed by atoms with E-state index in [9.17, 15) is 14.4 Å². The minimum atomic E-state index is -0.553. The average molecular weight is 652 g/mol. The highest BCUT2D eigenvalue weighted by Crippen LogP contribution is 2.29. The summed E-state index contributed by atoms with van der Waals surface area (Å²) in [5.41, 5.74) is 5.10. The van der Waals surface area contributed by atoms with Crippen molar-refractivity contribution in [3.05, 3.63) is 106 Å². The third-order valence-corrected chi connectivity index (χ3v) is 8.85. The highest BCUT2D eigenvalue weighted by molar-refractivity contribution is 5.95. The number of nitrogens with one attached hydrogen (secondary N) is 2. The van der Waals surface area contributed by atoms with Crippen LogP contribution >= 0.6 is 0 Å². The molecule has 1 aliphatic carbocycles. The van der Waals surface area contributed by atoms with Crippen LogP contribution in [-0.4, -0.2) is 69.1 Å². The topological polar surface area (TPSA) is 114 Å². The van der Waals surface area contributed by atoms with Crippen molar-refractivity contribution in [2.24, 2.45) is 0 Å². The van der Waals surface area contributed by atoms with Gasteiger partial charge in [0.25, 0.3) is 0 Å². The Morgan fingerprint density at radius 3 is 2.19 bits per heavy atom. The second-order valence-corrected chi connectivity index (χ2v) is 13.9. The van der Waals surface area contributed by atoms with E-state index in [0.717, 1.165) is 53.3 Å². The Kier molecular flexibility index (Phi) is 9.41. The minimum absolute atomic E-state index is 0.00734. The predicted molar refractivity (Wildman–Crippen MR) is 187 cm³/mol. The van der Waals surface area contributed by atoms with Gasteiger partial charge in [0.2, 0.25) is 5.91 Å². The summed E-state index contributed by atoms with van der Waals surface area (Å²) in [7, 11) is 0. The van der Waals surface area contributed by atoms with Gasteiger partial charge >= 0.3 is 11.8 Å². The highest BCUT2D eigenvalue weighted by atomic mass is 16.6. The molecule has 2 N–H and O–H groups in total. The molecule has 3 aromatic carbocycles. The molecule has 2 aliphatic rings. The lowest BCUT2D eigenvalue weighted by Crippen LogP contribution is -2.50. The second-order valence-electron chi connectivity index (χ2n) is 13.9. The van der Waals surface area contributed by atoms with Gasteiger partial charge in [0, 0.05) is 43.6 Å². The van der Waals surface area contributed by atoms with E-state index < -0.39 is 17.7 Å². The molecule has 0 saturated carbocycles. The number of alkyl carbamates (subject to hydrolysis) is 1. The molecule has 1 aromatic heterocycles. The van der Waals surface area contributed by atoms with Gasteiger partial charge < -0.3 is 20.3 Å². The number of carbonyl (C=O) groups is 2. The molecule has 2 unspecified atom stereocenters. The van der Waals surface area contributed by atoms with E-state index in [1.54, 1.807) is 10.9 Å². The first kappa shape index (κ1) is 33.0. The first-order chi connectivity index (χ1) is 22.9. The molecule has 2 amide bonds. The SMILES string of the molecule is CC(C)n1ncn(-c2ccc(N3CCN(C(C(=O)Nc4ccc5c(c4)CC(NC(=O)OC(C)(C)C)C5)c4ccccc4)CC3)cc2)c1=O. The van der Waals surface area contributed by atoms with Gasteiger partial charge in [-0.2, -0.15) is 5.10 Å². The van der Waals surface area contributed by atoms with Crippen LogP contribution in [0.15, 0.2) is 83.9 Å². The van der Waals surface area contributed by atoms with Gasteiger partial charge in [-0.3, -0.25) is 9.69 Å². The number of nitrogens with zero attached hydrogens (tertiary/aromatic N) is 5. The third-order valence-electron chi connectivity index (χ3n) is 8.85. The monoisotopic (exact) mass is 651 g/mol. The minimum Gasteiger partial charge on any atom is -0.444 e. The molecule has 2 atom stereocenters. The van der Waals surface area contributed by atoms with Gasteiger partial charge in [0.1, 0.15) is 18.0 Å². The van der Waals surface area contributed by atoms with Crippen molar-refractivity contribution in [3.63, 3.8) is 0 Å². The molecule has 0 spiro atoms. The van der Waals surface area contributed by atoms with E-state index in [0.29, 0.717) is 19.5 Å². The van der Waals surface area contributed by atoms with Crippen LogP contribution < -0.4 is 21.2 Å². The van der Waals surface area contributed by atoms with Crippen LogP contribution in [0.1, 0.15) is 63.4 Å². The summed E-state index contributed by atoms with van der Waals surface area (Å²) in [6.45, 7) is 12.3. The van der Waals surface area contributed by atoms with E-state index in [4.69, 9.17) is 4.74 Å².